The molecule has 2 nitrogen and oxygen atoms in total. The summed E-state index contributed by atoms with van der Waals surface area (Å²) in [5, 5.41) is 1.07. The van der Waals surface area contributed by atoms with E-state index in [9.17, 15) is 0 Å². The molecular weight excluding hydrogens is 233 g/mol. The van der Waals surface area contributed by atoms with Crippen molar-refractivity contribution in [1.29, 1.82) is 0 Å². The molecule has 0 atom stereocenters. The van der Waals surface area contributed by atoms with Gasteiger partial charge in [-0.05, 0) is 23.8 Å². The largest absolute Gasteiger partial charge is 0.467 e. The first-order valence-electron chi connectivity index (χ1n) is 4.44. The fourth-order valence-corrected chi connectivity index (χ4v) is 1.72. The van der Waals surface area contributed by atoms with Crippen LogP contribution in [-0.2, 0) is 6.54 Å². The van der Waals surface area contributed by atoms with Crippen molar-refractivity contribution in [2.24, 2.45) is 5.73 Å². The van der Waals surface area contributed by atoms with Crippen LogP contribution >= 0.6 is 23.2 Å². The monoisotopic (exact) mass is 241 g/mol. The zero-order valence-electron chi connectivity index (χ0n) is 7.84. The maximum absolute atomic E-state index is 5.93. The van der Waals surface area contributed by atoms with Gasteiger partial charge in [0.15, 0.2) is 0 Å². The van der Waals surface area contributed by atoms with Gasteiger partial charge in [-0.15, -0.1) is 0 Å². The second kappa shape index (κ2) is 4.27. The molecule has 1 aromatic carbocycles. The van der Waals surface area contributed by atoms with E-state index in [0.717, 1.165) is 16.9 Å². The zero-order valence-corrected chi connectivity index (χ0v) is 9.35. The third-order valence-corrected chi connectivity index (χ3v) is 2.90. The van der Waals surface area contributed by atoms with Gasteiger partial charge in [-0.25, -0.2) is 0 Å². The molecule has 15 heavy (non-hydrogen) atoms. The van der Waals surface area contributed by atoms with Crippen LogP contribution in [0.25, 0.3) is 11.1 Å². The van der Waals surface area contributed by atoms with Gasteiger partial charge in [0, 0.05) is 5.56 Å². The maximum atomic E-state index is 5.93. The van der Waals surface area contributed by atoms with Gasteiger partial charge < -0.3 is 10.2 Å². The highest BCUT2D eigenvalue weighted by molar-refractivity contribution is 6.42. The Labute approximate surface area is 97.6 Å². The molecule has 2 N–H and O–H groups in total. The fraction of sp³-hybridized carbons (Fsp3) is 0.0909. The van der Waals surface area contributed by atoms with Crippen molar-refractivity contribution < 1.29 is 4.42 Å². The number of nitrogens with two attached hydrogens (primary N) is 1. The topological polar surface area (TPSA) is 39.2 Å². The molecule has 0 radical (unpaired) electrons. The van der Waals surface area contributed by atoms with Crippen molar-refractivity contribution in [3.05, 3.63) is 46.3 Å². The first kappa shape index (κ1) is 10.6. The molecule has 0 bridgehead atoms. The molecular formula is C11H9Cl2NO. The Hall–Kier alpha value is -0.960. The van der Waals surface area contributed by atoms with Gasteiger partial charge in [-0.3, -0.25) is 0 Å². The summed E-state index contributed by atoms with van der Waals surface area (Å²) in [6.07, 6.45) is 1.61. The van der Waals surface area contributed by atoms with Crippen molar-refractivity contribution in [3.63, 3.8) is 0 Å². The summed E-state index contributed by atoms with van der Waals surface area (Å²) in [6.45, 7) is 0.364. The van der Waals surface area contributed by atoms with E-state index in [0.29, 0.717) is 16.6 Å². The van der Waals surface area contributed by atoms with E-state index in [2.05, 4.69) is 0 Å². The molecule has 0 aliphatic heterocycles. The van der Waals surface area contributed by atoms with Crippen molar-refractivity contribution in [3.8, 4) is 11.1 Å². The lowest BCUT2D eigenvalue weighted by molar-refractivity contribution is 0.513. The normalized spacial score (nSPS) is 10.6. The fourth-order valence-electron chi connectivity index (χ4n) is 1.42. The average Bonchev–Trinajstić information content (AvgIpc) is 2.70. The minimum atomic E-state index is 0.364. The van der Waals surface area contributed by atoms with E-state index in [1.165, 1.54) is 0 Å². The molecule has 1 aromatic heterocycles. The van der Waals surface area contributed by atoms with Crippen LogP contribution in [0.3, 0.4) is 0 Å². The second-order valence-electron chi connectivity index (χ2n) is 3.09. The summed E-state index contributed by atoms with van der Waals surface area (Å²) < 4.78 is 5.24. The molecule has 78 valence electrons. The number of hydrogen-bond acceptors (Lipinski definition) is 2. The Morgan fingerprint density at radius 3 is 2.60 bits per heavy atom. The van der Waals surface area contributed by atoms with Gasteiger partial charge in [0.2, 0.25) is 0 Å². The molecule has 4 heteroatoms. The van der Waals surface area contributed by atoms with E-state index >= 15 is 0 Å². The van der Waals surface area contributed by atoms with E-state index in [4.69, 9.17) is 33.4 Å². The van der Waals surface area contributed by atoms with Crippen molar-refractivity contribution in [1.82, 2.24) is 0 Å². The maximum Gasteiger partial charge on any atom is 0.125 e. The third-order valence-electron chi connectivity index (χ3n) is 2.16. The van der Waals surface area contributed by atoms with Crippen LogP contribution in [0.15, 0.2) is 34.9 Å². The predicted molar refractivity (Wildman–Crippen MR) is 62.1 cm³/mol. The van der Waals surface area contributed by atoms with Crippen LogP contribution < -0.4 is 5.73 Å². The van der Waals surface area contributed by atoms with Crippen LogP contribution in [0, 0.1) is 0 Å². The van der Waals surface area contributed by atoms with Gasteiger partial charge >= 0.3 is 0 Å². The van der Waals surface area contributed by atoms with Crippen LogP contribution in [0.2, 0.25) is 10.0 Å². The minimum absolute atomic E-state index is 0.364. The Bertz CT molecular complexity index is 479. The highest BCUT2D eigenvalue weighted by Gasteiger charge is 2.08. The molecule has 0 aliphatic rings. The first-order chi connectivity index (χ1) is 7.22. The van der Waals surface area contributed by atoms with E-state index in [-0.39, 0.29) is 0 Å². The van der Waals surface area contributed by atoms with E-state index in [1.54, 1.807) is 18.4 Å². The van der Waals surface area contributed by atoms with Crippen LogP contribution in [-0.4, -0.2) is 0 Å². The van der Waals surface area contributed by atoms with Crippen LogP contribution in [0.4, 0.5) is 0 Å². The quantitative estimate of drug-likeness (QED) is 0.871. The smallest absolute Gasteiger partial charge is 0.125 e. The Morgan fingerprint density at radius 2 is 1.93 bits per heavy atom. The molecule has 0 saturated heterocycles. The predicted octanol–water partition coefficient (Wildman–Crippen LogP) is 3.71. The molecule has 0 aliphatic carbocycles. The highest BCUT2D eigenvalue weighted by atomic mass is 35.5. The Morgan fingerprint density at radius 1 is 1.13 bits per heavy atom. The van der Waals surface area contributed by atoms with E-state index < -0.39 is 0 Å². The van der Waals surface area contributed by atoms with Gasteiger partial charge in [0.25, 0.3) is 0 Å². The van der Waals surface area contributed by atoms with Crippen molar-refractivity contribution in [2.45, 2.75) is 6.54 Å². The molecule has 0 fully saturated rings. The van der Waals surface area contributed by atoms with Crippen molar-refractivity contribution >= 4 is 23.2 Å². The van der Waals surface area contributed by atoms with Gasteiger partial charge in [-0.2, -0.15) is 0 Å². The summed E-state index contributed by atoms with van der Waals surface area (Å²) >= 11 is 11.8. The van der Waals surface area contributed by atoms with Crippen molar-refractivity contribution in [2.75, 3.05) is 0 Å². The summed E-state index contributed by atoms with van der Waals surface area (Å²) in [5.41, 5.74) is 7.46. The highest BCUT2D eigenvalue weighted by Crippen LogP contribution is 2.30. The standard InChI is InChI=1S/C11H9Cl2NO/c12-9-2-1-7(5-10(9)13)8-3-4-15-11(8)6-14/h1-5H,6,14H2. The average molecular weight is 242 g/mol. The molecule has 0 amide bonds. The number of furan rings is 1. The molecule has 2 rings (SSSR count). The summed E-state index contributed by atoms with van der Waals surface area (Å²) in [6, 6.07) is 7.31. The number of halogens is 2. The van der Waals surface area contributed by atoms with Gasteiger partial charge in [0.05, 0.1) is 22.9 Å². The summed E-state index contributed by atoms with van der Waals surface area (Å²) in [5.74, 6) is 0.744. The minimum Gasteiger partial charge on any atom is -0.467 e. The number of hydrogen-bond donors (Lipinski definition) is 1. The lowest BCUT2D eigenvalue weighted by Crippen LogP contribution is -1.95. The Balaban J connectivity index is 2.50. The number of rotatable bonds is 2. The number of benzene rings is 1. The molecule has 0 saturated carbocycles. The van der Waals surface area contributed by atoms with E-state index in [1.807, 2.05) is 12.1 Å². The Kier molecular flexibility index (Phi) is 3.00. The van der Waals surface area contributed by atoms with Crippen LogP contribution in [0.1, 0.15) is 5.76 Å². The van der Waals surface area contributed by atoms with Gasteiger partial charge in [-0.1, -0.05) is 29.3 Å². The molecule has 1 heterocycles. The zero-order chi connectivity index (χ0) is 10.8. The summed E-state index contributed by atoms with van der Waals surface area (Å²) in [7, 11) is 0. The lowest BCUT2D eigenvalue weighted by Gasteiger charge is -2.02. The van der Waals surface area contributed by atoms with Crippen LogP contribution in [0.5, 0.6) is 0 Å². The summed E-state index contributed by atoms with van der Waals surface area (Å²) in [4.78, 5) is 0. The SMILES string of the molecule is NCc1occc1-c1ccc(Cl)c(Cl)c1. The molecule has 0 spiro atoms. The van der Waals surface area contributed by atoms with Gasteiger partial charge in [0.1, 0.15) is 5.76 Å². The molecule has 2 aromatic rings. The molecule has 0 unspecified atom stereocenters. The first-order valence-corrected chi connectivity index (χ1v) is 5.20. The second-order valence-corrected chi connectivity index (χ2v) is 3.90. The lowest BCUT2D eigenvalue weighted by atomic mass is 10.1. The third kappa shape index (κ3) is 2.02.